The summed E-state index contributed by atoms with van der Waals surface area (Å²) >= 11 is 13.0. The fourth-order valence-corrected chi connectivity index (χ4v) is 6.92. The lowest BCUT2D eigenvalue weighted by Gasteiger charge is -2.50. The van der Waals surface area contributed by atoms with Crippen LogP contribution < -0.4 is 0 Å². The maximum Gasteiger partial charge on any atom is 0.335 e. The van der Waals surface area contributed by atoms with E-state index in [2.05, 4.69) is 32.4 Å². The fraction of sp³-hybridized carbons (Fsp3) is 0.367. The van der Waals surface area contributed by atoms with Crippen molar-refractivity contribution >= 4 is 35.2 Å². The fourth-order valence-electron chi connectivity index (χ4n) is 6.37. The highest BCUT2D eigenvalue weighted by molar-refractivity contribution is 6.39. The summed E-state index contributed by atoms with van der Waals surface area (Å²) in [4.78, 5) is 20.1. The van der Waals surface area contributed by atoms with Crippen LogP contribution in [0, 0.1) is 11.2 Å². The molecule has 3 heterocycles. The second-order valence-corrected chi connectivity index (χ2v) is 12.3. The monoisotopic (exact) mass is 594 g/mol. The van der Waals surface area contributed by atoms with E-state index in [1.165, 1.54) is 12.1 Å². The highest BCUT2D eigenvalue weighted by Gasteiger charge is 2.51. The Balaban J connectivity index is 1.14. The number of hydrogen-bond donors (Lipinski definition) is 1. The standard InChI is InChI=1S/C30H25Cl2FN4O4/c31-21-14-34-15-22(32)23(21)24-20(25(40-36-24)16-1-2-16)3-4-29-5-8-30(9-6-29,10-7-29)28-35-26(37-41-28)17-11-18(27(38)39)13-19(33)12-17/h3-4,11-16H,1-2,5-10H2,(H,38,39)/b4-3+. The number of aromatic carboxylic acids is 1. The number of aromatic nitrogens is 4. The SMILES string of the molecule is O=C(O)c1cc(F)cc(-c2noc(C34CCC(/C=C/c5c(-c6c(Cl)cncc6Cl)noc5C5CC5)(CC3)CC4)n2)c1. The molecule has 4 aromatic rings. The van der Waals surface area contributed by atoms with Gasteiger partial charge in [-0.05, 0) is 75.0 Å². The summed E-state index contributed by atoms with van der Waals surface area (Å²) in [5.41, 5.74) is 2.09. The van der Waals surface area contributed by atoms with Crippen molar-refractivity contribution < 1.29 is 23.3 Å². The number of pyridine rings is 1. The van der Waals surface area contributed by atoms with E-state index >= 15 is 0 Å². The first-order chi connectivity index (χ1) is 19.8. The number of nitrogens with zero attached hydrogens (tertiary/aromatic N) is 4. The average molecular weight is 595 g/mol. The van der Waals surface area contributed by atoms with Gasteiger partial charge < -0.3 is 14.2 Å². The molecule has 0 aliphatic heterocycles. The molecule has 0 amide bonds. The van der Waals surface area contributed by atoms with E-state index in [1.807, 2.05) is 0 Å². The van der Waals surface area contributed by atoms with Crippen molar-refractivity contribution in [2.45, 2.75) is 62.7 Å². The van der Waals surface area contributed by atoms with E-state index in [4.69, 9.17) is 32.2 Å². The summed E-state index contributed by atoms with van der Waals surface area (Å²) in [6.07, 6.45) is 15.2. The van der Waals surface area contributed by atoms with E-state index in [9.17, 15) is 14.3 Å². The first-order valence-corrected chi connectivity index (χ1v) is 14.4. The topological polar surface area (TPSA) is 115 Å². The zero-order valence-electron chi connectivity index (χ0n) is 21.9. The quantitative estimate of drug-likeness (QED) is 0.228. The molecule has 4 aliphatic rings. The van der Waals surface area contributed by atoms with E-state index in [1.54, 1.807) is 12.4 Å². The Morgan fingerprint density at radius 3 is 2.37 bits per heavy atom. The summed E-state index contributed by atoms with van der Waals surface area (Å²) in [5, 5.41) is 18.6. The number of fused-ring (bicyclic) bond motifs is 3. The van der Waals surface area contributed by atoms with Gasteiger partial charge in [0.1, 0.15) is 17.3 Å². The third-order valence-corrected chi connectivity index (χ3v) is 9.56. The lowest BCUT2D eigenvalue weighted by Crippen LogP contribution is -2.43. The van der Waals surface area contributed by atoms with Gasteiger partial charge in [-0.1, -0.05) is 45.7 Å². The molecule has 1 N–H and O–H groups in total. The average Bonchev–Trinajstić information content (AvgIpc) is 3.52. The van der Waals surface area contributed by atoms with Gasteiger partial charge in [0.15, 0.2) is 0 Å². The predicted octanol–water partition coefficient (Wildman–Crippen LogP) is 8.11. The molecule has 1 aromatic carbocycles. The summed E-state index contributed by atoms with van der Waals surface area (Å²) in [7, 11) is 0. The van der Waals surface area contributed by atoms with Crippen molar-refractivity contribution in [3.63, 3.8) is 0 Å². The van der Waals surface area contributed by atoms with Gasteiger partial charge in [-0.15, -0.1) is 0 Å². The lowest BCUT2D eigenvalue weighted by atomic mass is 9.53. The largest absolute Gasteiger partial charge is 0.478 e. The van der Waals surface area contributed by atoms with Crippen LogP contribution in [0.2, 0.25) is 10.0 Å². The third-order valence-electron chi connectivity index (χ3n) is 8.98. The highest BCUT2D eigenvalue weighted by atomic mass is 35.5. The number of carbonyl (C=O) groups is 1. The minimum Gasteiger partial charge on any atom is -0.478 e. The predicted molar refractivity (Wildman–Crippen MR) is 149 cm³/mol. The van der Waals surface area contributed by atoms with Gasteiger partial charge in [-0.2, -0.15) is 4.98 Å². The van der Waals surface area contributed by atoms with Crippen molar-refractivity contribution in [1.82, 2.24) is 20.3 Å². The molecule has 4 saturated carbocycles. The number of benzene rings is 1. The molecule has 2 bridgehead atoms. The number of allylic oxidation sites excluding steroid dienone is 1. The maximum atomic E-state index is 14.1. The number of hydrogen-bond acceptors (Lipinski definition) is 7. The second kappa shape index (κ2) is 9.77. The molecule has 0 radical (unpaired) electrons. The molecular weight excluding hydrogens is 570 g/mol. The first-order valence-electron chi connectivity index (χ1n) is 13.6. The zero-order valence-corrected chi connectivity index (χ0v) is 23.4. The molecule has 8 nitrogen and oxygen atoms in total. The van der Waals surface area contributed by atoms with Gasteiger partial charge in [0.25, 0.3) is 0 Å². The molecule has 210 valence electrons. The van der Waals surface area contributed by atoms with Crippen LogP contribution in [0.3, 0.4) is 0 Å². The van der Waals surface area contributed by atoms with Crippen LogP contribution in [0.1, 0.15) is 84.9 Å². The van der Waals surface area contributed by atoms with Gasteiger partial charge >= 0.3 is 5.97 Å². The van der Waals surface area contributed by atoms with Gasteiger partial charge in [-0.25, -0.2) is 9.18 Å². The number of carboxylic acids is 1. The molecule has 3 aromatic heterocycles. The van der Waals surface area contributed by atoms with Gasteiger partial charge in [0, 0.05) is 40.4 Å². The van der Waals surface area contributed by atoms with Crippen LogP contribution in [0.4, 0.5) is 4.39 Å². The first kappa shape index (κ1) is 26.3. The molecule has 41 heavy (non-hydrogen) atoms. The van der Waals surface area contributed by atoms with Crippen LogP contribution in [0.15, 0.2) is 45.7 Å². The van der Waals surface area contributed by atoms with Crippen molar-refractivity contribution in [3.05, 3.63) is 75.3 Å². The Labute approximate surface area is 244 Å². The summed E-state index contributed by atoms with van der Waals surface area (Å²) < 4.78 is 25.6. The Kier molecular flexibility index (Phi) is 6.28. The number of rotatable bonds is 7. The molecule has 0 saturated heterocycles. The lowest BCUT2D eigenvalue weighted by molar-refractivity contribution is 0.0569. The van der Waals surface area contributed by atoms with Gasteiger partial charge in [0.2, 0.25) is 11.7 Å². The van der Waals surface area contributed by atoms with Gasteiger partial charge in [-0.3, -0.25) is 4.98 Å². The smallest absolute Gasteiger partial charge is 0.335 e. The van der Waals surface area contributed by atoms with Crippen molar-refractivity contribution in [1.29, 1.82) is 0 Å². The normalized spacial score (nSPS) is 23.9. The molecule has 4 fully saturated rings. The number of halogens is 3. The van der Waals surface area contributed by atoms with Crippen LogP contribution in [0.5, 0.6) is 0 Å². The third kappa shape index (κ3) is 4.65. The molecule has 0 spiro atoms. The molecule has 0 atom stereocenters. The van der Waals surface area contributed by atoms with Gasteiger partial charge in [0.05, 0.1) is 15.6 Å². The van der Waals surface area contributed by atoms with E-state index < -0.39 is 11.8 Å². The molecule has 4 aliphatic carbocycles. The Bertz CT molecular complexity index is 1670. The van der Waals surface area contributed by atoms with E-state index in [0.717, 1.165) is 68.8 Å². The maximum absolute atomic E-state index is 14.1. The molecule has 0 unspecified atom stereocenters. The van der Waals surface area contributed by atoms with E-state index in [-0.39, 0.29) is 27.8 Å². The molecule has 11 heteroatoms. The highest BCUT2D eigenvalue weighted by Crippen LogP contribution is 2.58. The summed E-state index contributed by atoms with van der Waals surface area (Å²) in [6.45, 7) is 0. The Morgan fingerprint density at radius 2 is 1.71 bits per heavy atom. The molecule has 8 rings (SSSR count). The van der Waals surface area contributed by atoms with Crippen molar-refractivity contribution in [2.24, 2.45) is 5.41 Å². The van der Waals surface area contributed by atoms with Crippen LogP contribution in [-0.4, -0.2) is 31.4 Å². The minimum atomic E-state index is -1.22. The Hall–Kier alpha value is -3.56. The summed E-state index contributed by atoms with van der Waals surface area (Å²) in [6, 6.07) is 3.55. The molecular formula is C30H25Cl2FN4O4. The van der Waals surface area contributed by atoms with Crippen molar-refractivity contribution in [2.75, 3.05) is 0 Å². The Morgan fingerprint density at radius 1 is 1.00 bits per heavy atom. The van der Waals surface area contributed by atoms with Crippen LogP contribution in [-0.2, 0) is 5.41 Å². The van der Waals surface area contributed by atoms with E-state index in [0.29, 0.717) is 33.1 Å². The van der Waals surface area contributed by atoms with Crippen LogP contribution in [0.25, 0.3) is 28.7 Å². The minimum absolute atomic E-state index is 0.0186. The zero-order chi connectivity index (χ0) is 28.4. The number of carboxylic acid groups (broad SMARTS) is 1. The van der Waals surface area contributed by atoms with Crippen LogP contribution >= 0.6 is 23.2 Å². The summed E-state index contributed by atoms with van der Waals surface area (Å²) in [5.74, 6) is 0.0796. The second-order valence-electron chi connectivity index (χ2n) is 11.5. The van der Waals surface area contributed by atoms with Crippen molar-refractivity contribution in [3.8, 4) is 22.6 Å².